The number of carbonyl (C=O) groups is 1. The summed E-state index contributed by atoms with van der Waals surface area (Å²) in [7, 11) is 0. The molecule has 1 N–H and O–H groups in total. The molecule has 0 aliphatic carbocycles. The van der Waals surface area contributed by atoms with E-state index in [9.17, 15) is 9.90 Å². The first-order chi connectivity index (χ1) is 9.35. The highest BCUT2D eigenvalue weighted by Gasteiger charge is 2.37. The summed E-state index contributed by atoms with van der Waals surface area (Å²) in [5, 5.41) is 10.2. The van der Waals surface area contributed by atoms with Crippen molar-refractivity contribution < 1.29 is 19.4 Å². The lowest BCUT2D eigenvalue weighted by Crippen LogP contribution is -2.43. The summed E-state index contributed by atoms with van der Waals surface area (Å²) in [6.07, 6.45) is 1.52. The van der Waals surface area contributed by atoms with Gasteiger partial charge in [-0.2, -0.15) is 12.6 Å². The summed E-state index contributed by atoms with van der Waals surface area (Å²) in [5.74, 6) is -1.17. The Morgan fingerprint density at radius 3 is 2.35 bits per heavy atom. The number of rotatable bonds is 10. The summed E-state index contributed by atoms with van der Waals surface area (Å²) in [6, 6.07) is 0. The Hall–Kier alpha value is -0.520. The van der Waals surface area contributed by atoms with Gasteiger partial charge in [0.15, 0.2) is 6.29 Å². The molecule has 0 heterocycles. The molecule has 0 spiro atoms. The van der Waals surface area contributed by atoms with Gasteiger partial charge in [0.05, 0.1) is 0 Å². The lowest BCUT2D eigenvalue weighted by atomic mass is 10.1. The van der Waals surface area contributed by atoms with E-state index in [2.05, 4.69) is 19.2 Å². The third kappa shape index (κ3) is 5.85. The summed E-state index contributed by atoms with van der Waals surface area (Å²) in [4.78, 5) is 11.8. The molecule has 0 bridgehead atoms. The number of carbonyl (C=O) groups excluding carboxylic acids is 1. The zero-order chi connectivity index (χ0) is 15.8. The van der Waals surface area contributed by atoms with E-state index in [1.165, 1.54) is 0 Å². The molecule has 0 aromatic heterocycles. The molecule has 3 atom stereocenters. The van der Waals surface area contributed by atoms with Crippen LogP contribution in [0.25, 0.3) is 0 Å². The SMILES string of the molecule is C=C(C)C(=O)OC(CC)(CCC)OC(O)C(CC)CS. The number of thiol groups is 1. The molecular weight excluding hydrogens is 276 g/mol. The zero-order valence-electron chi connectivity index (χ0n) is 13.0. The molecule has 0 fully saturated rings. The smallest absolute Gasteiger partial charge is 0.335 e. The van der Waals surface area contributed by atoms with Crippen molar-refractivity contribution in [3.63, 3.8) is 0 Å². The van der Waals surface area contributed by atoms with Crippen LogP contribution in [0.3, 0.4) is 0 Å². The molecule has 4 nitrogen and oxygen atoms in total. The number of aliphatic hydroxyl groups is 1. The minimum Gasteiger partial charge on any atom is -0.430 e. The fourth-order valence-corrected chi connectivity index (χ4v) is 2.28. The average Bonchev–Trinajstić information content (AvgIpc) is 2.39. The maximum Gasteiger partial charge on any atom is 0.335 e. The quantitative estimate of drug-likeness (QED) is 0.281. The Labute approximate surface area is 127 Å². The molecule has 0 radical (unpaired) electrons. The highest BCUT2D eigenvalue weighted by molar-refractivity contribution is 7.80. The van der Waals surface area contributed by atoms with Gasteiger partial charge in [-0.1, -0.05) is 27.4 Å². The number of esters is 1. The fraction of sp³-hybridized carbons (Fsp3) is 0.800. The predicted octanol–water partition coefficient (Wildman–Crippen LogP) is 3.30. The average molecular weight is 304 g/mol. The first-order valence-corrected chi connectivity index (χ1v) is 7.84. The molecule has 0 amide bonds. The number of hydrogen-bond donors (Lipinski definition) is 2. The summed E-state index contributed by atoms with van der Waals surface area (Å²) in [6.45, 7) is 11.0. The number of hydrogen-bond acceptors (Lipinski definition) is 5. The van der Waals surface area contributed by atoms with Crippen LogP contribution in [0.5, 0.6) is 0 Å². The van der Waals surface area contributed by atoms with Gasteiger partial charge >= 0.3 is 5.97 Å². The molecule has 20 heavy (non-hydrogen) atoms. The molecule has 0 saturated heterocycles. The molecule has 0 aliphatic heterocycles. The van der Waals surface area contributed by atoms with Crippen LogP contribution in [0.4, 0.5) is 0 Å². The maximum atomic E-state index is 11.8. The van der Waals surface area contributed by atoms with Gasteiger partial charge in [-0.15, -0.1) is 0 Å². The summed E-state index contributed by atoms with van der Waals surface area (Å²) in [5.41, 5.74) is 0.318. The number of ether oxygens (including phenoxy) is 2. The predicted molar refractivity (Wildman–Crippen MR) is 83.6 cm³/mol. The van der Waals surface area contributed by atoms with E-state index in [-0.39, 0.29) is 5.92 Å². The largest absolute Gasteiger partial charge is 0.430 e. The normalized spacial score (nSPS) is 17.1. The molecule has 3 unspecified atom stereocenters. The van der Waals surface area contributed by atoms with Gasteiger partial charge in [0, 0.05) is 24.3 Å². The van der Waals surface area contributed by atoms with Gasteiger partial charge < -0.3 is 14.6 Å². The number of aliphatic hydroxyl groups excluding tert-OH is 1. The van der Waals surface area contributed by atoms with Crippen LogP contribution in [0.1, 0.15) is 53.4 Å². The van der Waals surface area contributed by atoms with E-state index in [0.717, 1.165) is 12.8 Å². The first kappa shape index (κ1) is 19.5. The highest BCUT2D eigenvalue weighted by Crippen LogP contribution is 2.29. The van der Waals surface area contributed by atoms with Crippen molar-refractivity contribution in [3.8, 4) is 0 Å². The van der Waals surface area contributed by atoms with Crippen LogP contribution in [-0.4, -0.2) is 28.9 Å². The van der Waals surface area contributed by atoms with Crippen molar-refractivity contribution in [2.75, 3.05) is 5.75 Å². The van der Waals surface area contributed by atoms with Crippen molar-refractivity contribution in [3.05, 3.63) is 12.2 Å². The van der Waals surface area contributed by atoms with Crippen LogP contribution in [0.15, 0.2) is 12.2 Å². The molecule has 118 valence electrons. The van der Waals surface area contributed by atoms with E-state index in [1.54, 1.807) is 6.92 Å². The Bertz CT molecular complexity index is 315. The summed E-state index contributed by atoms with van der Waals surface area (Å²) < 4.78 is 11.2. The van der Waals surface area contributed by atoms with E-state index >= 15 is 0 Å². The standard InChI is InChI=1S/C15H28O4S/c1-6-9-15(8-3,18-13(16)11(4)5)19-14(17)12(7-2)10-20/h12,14,17,20H,4,6-10H2,1-3,5H3. The fourth-order valence-electron chi connectivity index (χ4n) is 1.84. The third-order valence-electron chi connectivity index (χ3n) is 3.29. The molecule has 5 heteroatoms. The second-order valence-corrected chi connectivity index (χ2v) is 5.41. The van der Waals surface area contributed by atoms with Crippen molar-refractivity contribution in [2.45, 2.75) is 65.5 Å². The molecule has 0 aromatic carbocycles. The third-order valence-corrected chi connectivity index (χ3v) is 3.76. The monoisotopic (exact) mass is 304 g/mol. The summed E-state index contributed by atoms with van der Waals surface area (Å²) >= 11 is 4.21. The van der Waals surface area contributed by atoms with E-state index in [1.807, 2.05) is 20.8 Å². The Morgan fingerprint density at radius 1 is 1.40 bits per heavy atom. The van der Waals surface area contributed by atoms with Crippen LogP contribution in [0.2, 0.25) is 0 Å². The zero-order valence-corrected chi connectivity index (χ0v) is 13.9. The van der Waals surface area contributed by atoms with Crippen LogP contribution >= 0.6 is 12.6 Å². The van der Waals surface area contributed by atoms with E-state index < -0.39 is 18.0 Å². The van der Waals surface area contributed by atoms with Crippen LogP contribution in [-0.2, 0) is 14.3 Å². The van der Waals surface area contributed by atoms with Crippen molar-refractivity contribution >= 4 is 18.6 Å². The Morgan fingerprint density at radius 2 is 2.00 bits per heavy atom. The second kappa shape index (κ2) is 9.42. The van der Waals surface area contributed by atoms with Crippen LogP contribution in [0, 0.1) is 5.92 Å². The van der Waals surface area contributed by atoms with E-state index in [0.29, 0.717) is 24.2 Å². The van der Waals surface area contributed by atoms with Crippen molar-refractivity contribution in [2.24, 2.45) is 5.92 Å². The van der Waals surface area contributed by atoms with Gasteiger partial charge in [-0.05, 0) is 25.5 Å². The van der Waals surface area contributed by atoms with Crippen molar-refractivity contribution in [1.82, 2.24) is 0 Å². The van der Waals surface area contributed by atoms with Gasteiger partial charge in [0.1, 0.15) is 0 Å². The van der Waals surface area contributed by atoms with Crippen molar-refractivity contribution in [1.29, 1.82) is 0 Å². The Balaban J connectivity index is 5.02. The first-order valence-electron chi connectivity index (χ1n) is 7.21. The minimum atomic E-state index is -1.10. The van der Waals surface area contributed by atoms with Crippen LogP contribution < -0.4 is 0 Å². The topological polar surface area (TPSA) is 55.8 Å². The van der Waals surface area contributed by atoms with Gasteiger partial charge in [-0.25, -0.2) is 4.79 Å². The molecule has 0 saturated carbocycles. The highest BCUT2D eigenvalue weighted by atomic mass is 32.1. The van der Waals surface area contributed by atoms with Gasteiger partial charge in [0.2, 0.25) is 5.79 Å². The lowest BCUT2D eigenvalue weighted by molar-refractivity contribution is -0.300. The lowest BCUT2D eigenvalue weighted by Gasteiger charge is -2.36. The molecule has 0 aliphatic rings. The molecular formula is C15H28O4S. The molecule has 0 aromatic rings. The second-order valence-electron chi connectivity index (χ2n) is 5.04. The Kier molecular flexibility index (Phi) is 9.18. The molecule has 0 rings (SSSR count). The maximum absolute atomic E-state index is 11.8. The van der Waals surface area contributed by atoms with Gasteiger partial charge in [-0.3, -0.25) is 0 Å². The van der Waals surface area contributed by atoms with Gasteiger partial charge in [0.25, 0.3) is 0 Å². The van der Waals surface area contributed by atoms with E-state index in [4.69, 9.17) is 9.47 Å². The minimum absolute atomic E-state index is 0.0929.